The van der Waals surface area contributed by atoms with Gasteiger partial charge < -0.3 is 10.5 Å². The zero-order valence-electron chi connectivity index (χ0n) is 13.1. The third-order valence-electron chi connectivity index (χ3n) is 3.74. The number of aryl methyl sites for hydroxylation is 1. The molecule has 2 N–H and O–H groups in total. The highest BCUT2D eigenvalue weighted by atomic mass is 19.3. The number of pyridine rings is 1. The first kappa shape index (κ1) is 15.9. The summed E-state index contributed by atoms with van der Waals surface area (Å²) in [5.74, 6) is -0.0442. The van der Waals surface area contributed by atoms with E-state index in [4.69, 9.17) is 5.73 Å². The van der Waals surface area contributed by atoms with Crippen LogP contribution in [0.5, 0.6) is 5.75 Å². The molecule has 0 amide bonds. The number of nitrogen functional groups attached to an aromatic ring is 1. The number of halogens is 2. The molecule has 24 heavy (non-hydrogen) atoms. The van der Waals surface area contributed by atoms with E-state index in [2.05, 4.69) is 16.3 Å². The van der Waals surface area contributed by atoms with Gasteiger partial charge >= 0.3 is 6.61 Å². The van der Waals surface area contributed by atoms with Crippen molar-refractivity contribution in [2.75, 3.05) is 5.73 Å². The van der Waals surface area contributed by atoms with Crippen molar-refractivity contribution in [2.24, 2.45) is 0 Å². The summed E-state index contributed by atoms with van der Waals surface area (Å²) in [6, 6.07) is 14.4. The lowest BCUT2D eigenvalue weighted by molar-refractivity contribution is -0.0493. The fourth-order valence-corrected chi connectivity index (χ4v) is 2.65. The van der Waals surface area contributed by atoms with Crippen LogP contribution >= 0.6 is 0 Å². The molecule has 0 aliphatic heterocycles. The number of benzene rings is 2. The van der Waals surface area contributed by atoms with Crippen molar-refractivity contribution in [1.82, 2.24) is 4.98 Å². The van der Waals surface area contributed by atoms with Crippen molar-refractivity contribution in [3.8, 4) is 5.75 Å². The topological polar surface area (TPSA) is 48.1 Å². The lowest BCUT2D eigenvalue weighted by Crippen LogP contribution is -2.04. The van der Waals surface area contributed by atoms with Crippen molar-refractivity contribution >= 4 is 22.2 Å². The van der Waals surface area contributed by atoms with E-state index in [-0.39, 0.29) is 11.4 Å². The van der Waals surface area contributed by atoms with Crippen LogP contribution in [-0.4, -0.2) is 11.6 Å². The highest BCUT2D eigenvalue weighted by Crippen LogP contribution is 2.32. The SMILES string of the molecule is C=C(c1ccc(OC(F)F)c(N)c1)c1cc(C)nc2ccccc12. The molecule has 0 aliphatic rings. The molecule has 3 aromatic rings. The van der Waals surface area contributed by atoms with Gasteiger partial charge in [-0.3, -0.25) is 4.98 Å². The van der Waals surface area contributed by atoms with E-state index < -0.39 is 6.61 Å². The summed E-state index contributed by atoms with van der Waals surface area (Å²) in [5.41, 5.74) is 10.1. The summed E-state index contributed by atoms with van der Waals surface area (Å²) < 4.78 is 29.1. The molecule has 5 heteroatoms. The fraction of sp³-hybridized carbons (Fsp3) is 0.105. The predicted molar refractivity (Wildman–Crippen MR) is 92.1 cm³/mol. The van der Waals surface area contributed by atoms with E-state index in [1.807, 2.05) is 37.3 Å². The van der Waals surface area contributed by atoms with Gasteiger partial charge in [-0.25, -0.2) is 0 Å². The Morgan fingerprint density at radius 1 is 1.17 bits per heavy atom. The van der Waals surface area contributed by atoms with Crippen molar-refractivity contribution < 1.29 is 13.5 Å². The Labute approximate surface area is 138 Å². The average Bonchev–Trinajstić information content (AvgIpc) is 2.55. The van der Waals surface area contributed by atoms with Gasteiger partial charge in [-0.15, -0.1) is 0 Å². The van der Waals surface area contributed by atoms with Crippen LogP contribution in [0.1, 0.15) is 16.8 Å². The smallest absolute Gasteiger partial charge is 0.387 e. The van der Waals surface area contributed by atoms with E-state index in [1.165, 1.54) is 6.07 Å². The molecule has 0 fully saturated rings. The Morgan fingerprint density at radius 2 is 1.92 bits per heavy atom. The van der Waals surface area contributed by atoms with Crippen LogP contribution in [0.15, 0.2) is 55.1 Å². The zero-order valence-corrected chi connectivity index (χ0v) is 13.1. The van der Waals surface area contributed by atoms with Crippen LogP contribution in [0.3, 0.4) is 0 Å². The Bertz CT molecular complexity index is 922. The minimum Gasteiger partial charge on any atom is -0.433 e. The molecule has 1 heterocycles. The van der Waals surface area contributed by atoms with Gasteiger partial charge in [0, 0.05) is 11.1 Å². The summed E-state index contributed by atoms with van der Waals surface area (Å²) in [4.78, 5) is 4.51. The van der Waals surface area contributed by atoms with Gasteiger partial charge in [0.1, 0.15) is 5.75 Å². The highest BCUT2D eigenvalue weighted by Gasteiger charge is 2.12. The molecule has 0 aliphatic carbocycles. The molecule has 0 bridgehead atoms. The number of nitrogens with two attached hydrogens (primary N) is 1. The summed E-state index contributed by atoms with van der Waals surface area (Å²) in [6.45, 7) is 3.15. The van der Waals surface area contributed by atoms with Crippen molar-refractivity contribution in [2.45, 2.75) is 13.5 Å². The summed E-state index contributed by atoms with van der Waals surface area (Å²) in [5, 5.41) is 0.972. The van der Waals surface area contributed by atoms with Crippen LogP contribution in [0.25, 0.3) is 16.5 Å². The summed E-state index contributed by atoms with van der Waals surface area (Å²) in [6.07, 6.45) is 0. The van der Waals surface area contributed by atoms with Crippen LogP contribution < -0.4 is 10.5 Å². The Balaban J connectivity index is 2.05. The molecule has 0 unspecified atom stereocenters. The number of nitrogens with zero attached hydrogens (tertiary/aromatic N) is 1. The highest BCUT2D eigenvalue weighted by molar-refractivity contribution is 5.96. The largest absolute Gasteiger partial charge is 0.433 e. The van der Waals surface area contributed by atoms with Crippen LogP contribution in [-0.2, 0) is 0 Å². The van der Waals surface area contributed by atoms with Crippen LogP contribution in [0, 0.1) is 6.92 Å². The number of fused-ring (bicyclic) bond motifs is 1. The second-order valence-corrected chi connectivity index (χ2v) is 5.44. The van der Waals surface area contributed by atoms with Crippen molar-refractivity contribution in [1.29, 1.82) is 0 Å². The molecule has 3 rings (SSSR count). The minimum atomic E-state index is -2.91. The Hall–Kier alpha value is -2.95. The maximum Gasteiger partial charge on any atom is 0.387 e. The molecule has 122 valence electrons. The van der Waals surface area contributed by atoms with Gasteiger partial charge in [0.2, 0.25) is 0 Å². The molecule has 2 aromatic carbocycles. The number of ether oxygens (including phenoxy) is 1. The monoisotopic (exact) mass is 326 g/mol. The van der Waals surface area contributed by atoms with E-state index in [0.29, 0.717) is 0 Å². The maximum absolute atomic E-state index is 12.3. The van der Waals surface area contributed by atoms with Crippen LogP contribution in [0.2, 0.25) is 0 Å². The number of alkyl halides is 2. The fourth-order valence-electron chi connectivity index (χ4n) is 2.65. The second-order valence-electron chi connectivity index (χ2n) is 5.44. The average molecular weight is 326 g/mol. The van der Waals surface area contributed by atoms with Crippen molar-refractivity contribution in [3.05, 3.63) is 71.9 Å². The molecule has 0 saturated heterocycles. The first-order chi connectivity index (χ1) is 11.5. The lowest BCUT2D eigenvalue weighted by atomic mass is 9.95. The molecule has 0 atom stereocenters. The number of aromatic nitrogens is 1. The van der Waals surface area contributed by atoms with E-state index in [1.54, 1.807) is 12.1 Å². The normalized spacial score (nSPS) is 11.0. The second kappa shape index (κ2) is 6.28. The van der Waals surface area contributed by atoms with Gasteiger partial charge in [0.25, 0.3) is 0 Å². The third-order valence-corrected chi connectivity index (χ3v) is 3.74. The van der Waals surface area contributed by atoms with Gasteiger partial charge in [0.15, 0.2) is 0 Å². The molecule has 0 spiro atoms. The quantitative estimate of drug-likeness (QED) is 0.701. The van der Waals surface area contributed by atoms with Crippen molar-refractivity contribution in [3.63, 3.8) is 0 Å². The van der Waals surface area contributed by atoms with E-state index in [0.717, 1.165) is 33.3 Å². The predicted octanol–water partition coefficient (Wildman–Crippen LogP) is 4.79. The maximum atomic E-state index is 12.3. The van der Waals surface area contributed by atoms with Crippen LogP contribution in [0.4, 0.5) is 14.5 Å². The van der Waals surface area contributed by atoms with E-state index >= 15 is 0 Å². The summed E-state index contributed by atoms with van der Waals surface area (Å²) >= 11 is 0. The van der Waals surface area contributed by atoms with Gasteiger partial charge in [-0.1, -0.05) is 30.8 Å². The first-order valence-electron chi connectivity index (χ1n) is 7.36. The van der Waals surface area contributed by atoms with E-state index in [9.17, 15) is 8.78 Å². The number of rotatable bonds is 4. The molecule has 0 radical (unpaired) electrons. The molecular formula is C19H16F2N2O. The Kier molecular flexibility index (Phi) is 4.16. The number of hydrogen-bond donors (Lipinski definition) is 1. The Morgan fingerprint density at radius 3 is 2.62 bits per heavy atom. The van der Waals surface area contributed by atoms with Gasteiger partial charge in [-0.2, -0.15) is 8.78 Å². The molecule has 1 aromatic heterocycles. The molecule has 0 saturated carbocycles. The number of para-hydroxylation sites is 1. The van der Waals surface area contributed by atoms with Gasteiger partial charge in [0.05, 0.1) is 11.2 Å². The number of hydrogen-bond acceptors (Lipinski definition) is 3. The van der Waals surface area contributed by atoms with Gasteiger partial charge in [-0.05, 0) is 47.9 Å². The minimum absolute atomic E-state index is 0.0442. The summed E-state index contributed by atoms with van der Waals surface area (Å²) in [7, 11) is 0. The molecule has 3 nitrogen and oxygen atoms in total. The zero-order chi connectivity index (χ0) is 17.3. The lowest BCUT2D eigenvalue weighted by Gasteiger charge is -2.13. The molecular weight excluding hydrogens is 310 g/mol. The standard InChI is InChI=1S/C19H16F2N2O/c1-11-9-15(14-5-3-4-6-17(14)23-11)12(2)13-7-8-18(16(22)10-13)24-19(20)21/h3-10,19H,2,22H2,1H3. The third kappa shape index (κ3) is 3.06. The number of anilines is 1. The first-order valence-corrected chi connectivity index (χ1v) is 7.36.